The minimum Gasteiger partial charge on any atom is -0.423 e. The Morgan fingerprint density at radius 2 is 1.62 bits per heavy atom. The largest absolute Gasteiger partial charge is 0.423 e. The van der Waals surface area contributed by atoms with Crippen molar-refractivity contribution in [2.45, 2.75) is 38.0 Å². The number of pyridine rings is 2. The second kappa shape index (κ2) is 8.38. The van der Waals surface area contributed by atoms with Crippen LogP contribution in [0.4, 0.5) is 0 Å². The summed E-state index contributed by atoms with van der Waals surface area (Å²) in [6.07, 6.45) is 2.03. The lowest BCUT2D eigenvalue weighted by atomic mass is 10.0. The van der Waals surface area contributed by atoms with Crippen LogP contribution < -0.4 is 22.1 Å². The number of hydrogen-bond donors (Lipinski definition) is 1. The zero-order valence-corrected chi connectivity index (χ0v) is 18.8. The van der Waals surface area contributed by atoms with Gasteiger partial charge in [-0.3, -0.25) is 18.7 Å². The molecule has 0 saturated carbocycles. The third kappa shape index (κ3) is 3.78. The summed E-state index contributed by atoms with van der Waals surface area (Å²) in [6, 6.07) is 16.3. The minimum atomic E-state index is -0.335. The second-order valence-electron chi connectivity index (χ2n) is 9.34. The highest BCUT2D eigenvalue weighted by Crippen LogP contribution is 2.25. The van der Waals surface area contributed by atoms with Gasteiger partial charge < -0.3 is 14.6 Å². The van der Waals surface area contributed by atoms with Crippen molar-refractivity contribution in [3.05, 3.63) is 91.3 Å². The fourth-order valence-corrected chi connectivity index (χ4v) is 5.39. The molecule has 0 unspecified atom stereocenters. The minimum absolute atomic E-state index is 0.0249. The van der Waals surface area contributed by atoms with Crippen LogP contribution in [0.2, 0.25) is 0 Å². The number of nitrogens with zero attached hydrogens (tertiary/aromatic N) is 3. The van der Waals surface area contributed by atoms with Gasteiger partial charge in [-0.15, -0.1) is 0 Å². The van der Waals surface area contributed by atoms with Crippen LogP contribution in [0.25, 0.3) is 22.0 Å². The van der Waals surface area contributed by atoms with Crippen LogP contribution in [0.3, 0.4) is 0 Å². The Labute approximate surface area is 195 Å². The second-order valence-corrected chi connectivity index (χ2v) is 9.34. The molecule has 0 amide bonds. The Kier molecular flexibility index (Phi) is 5.19. The molecule has 174 valence electrons. The molecule has 3 aromatic heterocycles. The summed E-state index contributed by atoms with van der Waals surface area (Å²) < 4.78 is 8.84. The first kappa shape index (κ1) is 21.1. The van der Waals surface area contributed by atoms with E-state index in [1.165, 1.54) is 6.07 Å². The molecule has 2 aliphatic rings. The molecule has 1 fully saturated rings. The van der Waals surface area contributed by atoms with Crippen molar-refractivity contribution in [1.29, 1.82) is 0 Å². The van der Waals surface area contributed by atoms with Gasteiger partial charge in [-0.05, 0) is 55.8 Å². The van der Waals surface area contributed by atoms with E-state index in [-0.39, 0.29) is 22.8 Å². The summed E-state index contributed by atoms with van der Waals surface area (Å²) in [5.41, 5.74) is 2.02. The molecule has 2 aliphatic heterocycles. The fraction of sp³-hybridized carbons (Fsp3) is 0.346. The highest BCUT2D eigenvalue weighted by atomic mass is 16.4. The van der Waals surface area contributed by atoms with Gasteiger partial charge in [0, 0.05) is 54.6 Å². The molecule has 6 rings (SSSR count). The SMILES string of the molecule is O=c1ccc2ccc(CNC3CCN(C[C@@H]4Cn5c(=O)ccc6ccc(=O)n4c65)CC3)cc2o1. The first-order valence-electron chi connectivity index (χ1n) is 11.8. The predicted molar refractivity (Wildman–Crippen MR) is 130 cm³/mol. The Balaban J connectivity index is 1.08. The number of likely N-dealkylation sites (tertiary alicyclic amines) is 1. The van der Waals surface area contributed by atoms with Gasteiger partial charge in [0.25, 0.3) is 11.1 Å². The summed E-state index contributed by atoms with van der Waals surface area (Å²) in [6.45, 7) is 3.91. The lowest BCUT2D eigenvalue weighted by Crippen LogP contribution is -2.44. The van der Waals surface area contributed by atoms with E-state index in [4.69, 9.17) is 4.42 Å². The van der Waals surface area contributed by atoms with E-state index in [0.29, 0.717) is 18.2 Å². The molecule has 0 aliphatic carbocycles. The van der Waals surface area contributed by atoms with Gasteiger partial charge in [-0.2, -0.15) is 0 Å². The summed E-state index contributed by atoms with van der Waals surface area (Å²) in [5.74, 6) is 0. The smallest absolute Gasteiger partial charge is 0.336 e. The van der Waals surface area contributed by atoms with Crippen LogP contribution >= 0.6 is 0 Å². The number of benzene rings is 1. The molecule has 4 aromatic rings. The summed E-state index contributed by atoms with van der Waals surface area (Å²) >= 11 is 0. The molecule has 1 N–H and O–H groups in total. The van der Waals surface area contributed by atoms with Crippen molar-refractivity contribution in [3.8, 4) is 0 Å². The van der Waals surface area contributed by atoms with Crippen LogP contribution in [-0.4, -0.2) is 39.7 Å². The van der Waals surface area contributed by atoms with E-state index in [9.17, 15) is 14.4 Å². The molecule has 0 radical (unpaired) electrons. The van der Waals surface area contributed by atoms with E-state index in [2.05, 4.69) is 16.3 Å². The van der Waals surface area contributed by atoms with Crippen LogP contribution in [0.5, 0.6) is 0 Å². The molecular weight excluding hydrogens is 432 g/mol. The lowest BCUT2D eigenvalue weighted by Gasteiger charge is -2.34. The first-order chi connectivity index (χ1) is 16.5. The van der Waals surface area contributed by atoms with E-state index >= 15 is 0 Å². The zero-order chi connectivity index (χ0) is 23.2. The normalized spacial score (nSPS) is 18.8. The van der Waals surface area contributed by atoms with Crippen molar-refractivity contribution < 1.29 is 4.42 Å². The molecule has 1 atom stereocenters. The molecule has 34 heavy (non-hydrogen) atoms. The maximum Gasteiger partial charge on any atom is 0.336 e. The Bertz CT molecular complexity index is 1550. The topological polar surface area (TPSA) is 89.5 Å². The zero-order valence-electron chi connectivity index (χ0n) is 18.8. The van der Waals surface area contributed by atoms with Crippen LogP contribution in [0, 0.1) is 0 Å². The van der Waals surface area contributed by atoms with Crippen molar-refractivity contribution in [1.82, 2.24) is 19.4 Å². The highest BCUT2D eigenvalue weighted by molar-refractivity contribution is 5.77. The van der Waals surface area contributed by atoms with Crippen LogP contribution in [0.15, 0.2) is 73.4 Å². The fourth-order valence-electron chi connectivity index (χ4n) is 5.39. The van der Waals surface area contributed by atoms with Gasteiger partial charge in [0.2, 0.25) is 0 Å². The van der Waals surface area contributed by atoms with Crippen molar-refractivity contribution in [2.75, 3.05) is 19.6 Å². The maximum atomic E-state index is 12.6. The van der Waals surface area contributed by atoms with Gasteiger partial charge in [0.05, 0.1) is 6.04 Å². The van der Waals surface area contributed by atoms with E-state index in [1.807, 2.05) is 12.1 Å². The maximum absolute atomic E-state index is 12.6. The molecule has 8 heteroatoms. The molecule has 8 nitrogen and oxygen atoms in total. The summed E-state index contributed by atoms with van der Waals surface area (Å²) in [5, 5.41) is 5.48. The van der Waals surface area contributed by atoms with Gasteiger partial charge in [0.1, 0.15) is 11.2 Å². The van der Waals surface area contributed by atoms with Crippen LogP contribution in [-0.2, 0) is 13.1 Å². The monoisotopic (exact) mass is 458 g/mol. The average molecular weight is 459 g/mol. The highest BCUT2D eigenvalue weighted by Gasteiger charge is 2.29. The average Bonchev–Trinajstić information content (AvgIpc) is 3.23. The van der Waals surface area contributed by atoms with Gasteiger partial charge in [-0.1, -0.05) is 12.1 Å². The number of nitrogens with one attached hydrogen (secondary N) is 1. The van der Waals surface area contributed by atoms with E-state index in [1.54, 1.807) is 39.5 Å². The quantitative estimate of drug-likeness (QED) is 0.461. The molecule has 0 bridgehead atoms. The molecule has 5 heterocycles. The molecular formula is C26H26N4O4. The van der Waals surface area contributed by atoms with E-state index in [0.717, 1.165) is 61.0 Å². The van der Waals surface area contributed by atoms with Crippen molar-refractivity contribution in [2.24, 2.45) is 0 Å². The standard InChI is InChI=1S/C26H26N4O4/c31-23-6-3-19-4-7-24(32)30-21(16-29(23)26(19)30)15-28-11-9-20(10-12-28)27-14-17-1-2-18-5-8-25(33)34-22(18)13-17/h1-8,13,20-21,27H,9-12,14-16H2/t21-/m1/s1. The summed E-state index contributed by atoms with van der Waals surface area (Å²) in [4.78, 5) is 38.9. The Morgan fingerprint density at radius 1 is 0.882 bits per heavy atom. The number of rotatable bonds is 5. The molecule has 0 spiro atoms. The van der Waals surface area contributed by atoms with Crippen molar-refractivity contribution >= 4 is 22.0 Å². The number of aromatic nitrogens is 2. The van der Waals surface area contributed by atoms with Crippen molar-refractivity contribution in [3.63, 3.8) is 0 Å². The first-order valence-corrected chi connectivity index (χ1v) is 11.8. The Morgan fingerprint density at radius 3 is 2.44 bits per heavy atom. The lowest BCUT2D eigenvalue weighted by molar-refractivity contribution is 0.171. The van der Waals surface area contributed by atoms with Gasteiger partial charge >= 0.3 is 5.63 Å². The predicted octanol–water partition coefficient (Wildman–Crippen LogP) is 2.08. The van der Waals surface area contributed by atoms with Crippen LogP contribution in [0.1, 0.15) is 24.4 Å². The Hall–Kier alpha value is -3.49. The number of hydrogen-bond acceptors (Lipinski definition) is 6. The van der Waals surface area contributed by atoms with Gasteiger partial charge in [0.15, 0.2) is 0 Å². The molecule has 1 saturated heterocycles. The van der Waals surface area contributed by atoms with Gasteiger partial charge in [-0.25, -0.2) is 4.79 Å². The third-order valence-corrected chi connectivity index (χ3v) is 7.15. The third-order valence-electron chi connectivity index (χ3n) is 7.15. The summed E-state index contributed by atoms with van der Waals surface area (Å²) in [7, 11) is 0. The van der Waals surface area contributed by atoms with E-state index < -0.39 is 0 Å². The number of piperidine rings is 1. The molecule has 1 aromatic carbocycles. The number of fused-ring (bicyclic) bond motifs is 1.